The van der Waals surface area contributed by atoms with Crippen LogP contribution in [0.1, 0.15) is 20.9 Å². The van der Waals surface area contributed by atoms with E-state index in [0.717, 1.165) is 5.56 Å². The maximum Gasteiger partial charge on any atom is 0.326 e. The van der Waals surface area contributed by atoms with Gasteiger partial charge < -0.3 is 4.98 Å². The first-order valence-corrected chi connectivity index (χ1v) is 8.88. The number of aryl methyl sites for hydroxylation is 1. The Kier molecular flexibility index (Phi) is 4.28. The molecule has 1 amide bonds. The number of imidazole rings is 1. The fraction of sp³-hybridized carbons (Fsp3) is 0.111. The second kappa shape index (κ2) is 6.76. The number of hydrogen-bond acceptors (Lipinski definition) is 5. The fourth-order valence-corrected chi connectivity index (χ4v) is 3.47. The molecule has 9 heteroatoms. The largest absolute Gasteiger partial charge is 0.326 e. The molecule has 2 heterocycles. The normalized spacial score (nSPS) is 11.0. The molecule has 0 aliphatic carbocycles. The Labute approximate surface area is 156 Å². The van der Waals surface area contributed by atoms with Crippen molar-refractivity contribution in [1.29, 1.82) is 0 Å². The van der Waals surface area contributed by atoms with Gasteiger partial charge in [0.15, 0.2) is 0 Å². The van der Waals surface area contributed by atoms with Crippen molar-refractivity contribution >= 4 is 33.4 Å². The minimum atomic E-state index is -0.342. The van der Waals surface area contributed by atoms with Gasteiger partial charge in [0, 0.05) is 19.0 Å². The summed E-state index contributed by atoms with van der Waals surface area (Å²) in [6, 6.07) is 11.1. The Morgan fingerprint density at radius 3 is 2.78 bits per heavy atom. The van der Waals surface area contributed by atoms with Crippen LogP contribution in [0.4, 0.5) is 9.52 Å². The minimum Gasteiger partial charge on any atom is -0.306 e. The summed E-state index contributed by atoms with van der Waals surface area (Å²) in [7, 11) is 1.66. The number of carbonyl (C=O) groups excluding carboxylic acids is 1. The molecular formula is C18H14FN5O2S. The topological polar surface area (TPSA) is 92.7 Å². The number of benzene rings is 2. The standard InChI is InChI=1S/C18H14FN5O2S/c1-24-14-7-4-11(9-13(14)20-18(24)26)16(25)21-17-23-22-15(27-17)8-10-2-5-12(19)6-3-10/h2-7,9H,8H2,1H3,(H,20,26)(H,21,23,25). The highest BCUT2D eigenvalue weighted by Crippen LogP contribution is 2.20. The van der Waals surface area contributed by atoms with Gasteiger partial charge in [-0.25, -0.2) is 9.18 Å². The maximum atomic E-state index is 13.0. The first kappa shape index (κ1) is 17.1. The van der Waals surface area contributed by atoms with E-state index in [1.807, 2.05) is 0 Å². The number of hydrogen-bond donors (Lipinski definition) is 2. The molecule has 7 nitrogen and oxygen atoms in total. The monoisotopic (exact) mass is 383 g/mol. The molecule has 0 atom stereocenters. The van der Waals surface area contributed by atoms with Gasteiger partial charge >= 0.3 is 5.69 Å². The van der Waals surface area contributed by atoms with Crippen LogP contribution in [0.25, 0.3) is 11.0 Å². The Balaban J connectivity index is 1.49. The van der Waals surface area contributed by atoms with Crippen molar-refractivity contribution in [1.82, 2.24) is 19.7 Å². The number of carbonyl (C=O) groups is 1. The lowest BCUT2D eigenvalue weighted by atomic mass is 10.2. The zero-order valence-corrected chi connectivity index (χ0v) is 15.0. The summed E-state index contributed by atoms with van der Waals surface area (Å²) in [5.41, 5.74) is 2.37. The molecule has 4 aromatic rings. The SMILES string of the molecule is Cn1c(=O)[nH]c2cc(C(=O)Nc3nnc(Cc4ccc(F)cc4)s3)ccc21. The first-order chi connectivity index (χ1) is 13.0. The van der Waals surface area contributed by atoms with Gasteiger partial charge in [0.1, 0.15) is 10.8 Å². The van der Waals surface area contributed by atoms with Gasteiger partial charge in [0.05, 0.1) is 11.0 Å². The van der Waals surface area contributed by atoms with Gasteiger partial charge in [0.25, 0.3) is 5.91 Å². The third-order valence-corrected chi connectivity index (χ3v) is 4.96. The van der Waals surface area contributed by atoms with Crippen molar-refractivity contribution < 1.29 is 9.18 Å². The molecule has 0 fully saturated rings. The highest BCUT2D eigenvalue weighted by molar-refractivity contribution is 7.15. The second-order valence-electron chi connectivity index (χ2n) is 5.98. The maximum absolute atomic E-state index is 13.0. The molecule has 4 rings (SSSR count). The van der Waals surface area contributed by atoms with Gasteiger partial charge in [-0.15, -0.1) is 10.2 Å². The van der Waals surface area contributed by atoms with Crippen molar-refractivity contribution in [2.24, 2.45) is 7.05 Å². The number of anilines is 1. The number of aromatic nitrogens is 4. The van der Waals surface area contributed by atoms with Crippen molar-refractivity contribution in [2.75, 3.05) is 5.32 Å². The smallest absolute Gasteiger partial charge is 0.306 e. The highest BCUT2D eigenvalue weighted by atomic mass is 32.1. The van der Waals surface area contributed by atoms with Gasteiger partial charge in [-0.05, 0) is 35.9 Å². The lowest BCUT2D eigenvalue weighted by Gasteiger charge is -2.01. The van der Waals surface area contributed by atoms with Gasteiger partial charge in [-0.3, -0.25) is 14.7 Å². The quantitative estimate of drug-likeness (QED) is 0.567. The first-order valence-electron chi connectivity index (χ1n) is 8.06. The molecule has 27 heavy (non-hydrogen) atoms. The molecule has 2 N–H and O–H groups in total. The Morgan fingerprint density at radius 2 is 2.00 bits per heavy atom. The summed E-state index contributed by atoms with van der Waals surface area (Å²) in [5.74, 6) is -0.633. The van der Waals surface area contributed by atoms with E-state index in [-0.39, 0.29) is 17.4 Å². The number of nitrogens with one attached hydrogen (secondary N) is 2. The molecule has 2 aromatic carbocycles. The summed E-state index contributed by atoms with van der Waals surface area (Å²) < 4.78 is 14.4. The van der Waals surface area contributed by atoms with Crippen LogP contribution in [0.3, 0.4) is 0 Å². The van der Waals surface area contributed by atoms with Crippen LogP contribution < -0.4 is 11.0 Å². The zero-order valence-electron chi connectivity index (χ0n) is 14.2. The van der Waals surface area contributed by atoms with Crippen LogP contribution in [0, 0.1) is 5.82 Å². The van der Waals surface area contributed by atoms with Crippen LogP contribution in [0.2, 0.25) is 0 Å². The van der Waals surface area contributed by atoms with Crippen LogP contribution in [0.5, 0.6) is 0 Å². The molecule has 136 valence electrons. The van der Waals surface area contributed by atoms with E-state index in [9.17, 15) is 14.0 Å². The summed E-state index contributed by atoms with van der Waals surface area (Å²) in [6.45, 7) is 0. The number of amides is 1. The van der Waals surface area contributed by atoms with Crippen LogP contribution >= 0.6 is 11.3 Å². The predicted octanol–water partition coefficient (Wildman–Crippen LogP) is 2.70. The second-order valence-corrected chi connectivity index (χ2v) is 7.04. The molecule has 0 aliphatic rings. The molecule has 0 unspecified atom stereocenters. The van der Waals surface area contributed by atoms with E-state index in [2.05, 4.69) is 20.5 Å². The summed E-state index contributed by atoms with van der Waals surface area (Å²) in [4.78, 5) is 26.8. The van der Waals surface area contributed by atoms with E-state index in [4.69, 9.17) is 0 Å². The van der Waals surface area contributed by atoms with E-state index in [1.54, 1.807) is 37.4 Å². The van der Waals surface area contributed by atoms with Crippen molar-refractivity contribution in [3.8, 4) is 0 Å². The van der Waals surface area contributed by atoms with Crippen molar-refractivity contribution in [3.63, 3.8) is 0 Å². The summed E-state index contributed by atoms with van der Waals surface area (Å²) in [6.07, 6.45) is 0.505. The van der Waals surface area contributed by atoms with Crippen LogP contribution in [-0.4, -0.2) is 25.7 Å². The van der Waals surface area contributed by atoms with Crippen LogP contribution in [-0.2, 0) is 13.5 Å². The number of fused-ring (bicyclic) bond motifs is 1. The Bertz CT molecular complexity index is 1190. The molecular weight excluding hydrogens is 369 g/mol. The molecule has 0 bridgehead atoms. The van der Waals surface area contributed by atoms with E-state index in [1.165, 1.54) is 28.0 Å². The van der Waals surface area contributed by atoms with E-state index < -0.39 is 0 Å². The number of aromatic amines is 1. The average Bonchev–Trinajstić information content (AvgIpc) is 3.21. The number of H-pyrrole nitrogens is 1. The predicted molar refractivity (Wildman–Crippen MR) is 101 cm³/mol. The van der Waals surface area contributed by atoms with Gasteiger partial charge in [0.2, 0.25) is 5.13 Å². The summed E-state index contributed by atoms with van der Waals surface area (Å²) >= 11 is 1.26. The molecule has 0 spiro atoms. The molecule has 0 saturated carbocycles. The van der Waals surface area contributed by atoms with Gasteiger partial charge in [-0.1, -0.05) is 23.5 Å². The van der Waals surface area contributed by atoms with E-state index >= 15 is 0 Å². The number of halogens is 1. The number of nitrogens with zero attached hydrogens (tertiary/aromatic N) is 3. The molecule has 0 radical (unpaired) electrons. The molecule has 0 aliphatic heterocycles. The highest BCUT2D eigenvalue weighted by Gasteiger charge is 2.13. The minimum absolute atomic E-state index is 0.239. The molecule has 0 saturated heterocycles. The van der Waals surface area contributed by atoms with Gasteiger partial charge in [-0.2, -0.15) is 0 Å². The lowest BCUT2D eigenvalue weighted by Crippen LogP contribution is -2.11. The van der Waals surface area contributed by atoms with Crippen molar-refractivity contribution in [3.05, 3.63) is 74.9 Å². The molecule has 2 aromatic heterocycles. The average molecular weight is 383 g/mol. The van der Waals surface area contributed by atoms with Crippen molar-refractivity contribution in [2.45, 2.75) is 6.42 Å². The third kappa shape index (κ3) is 3.49. The fourth-order valence-electron chi connectivity index (χ4n) is 2.70. The lowest BCUT2D eigenvalue weighted by molar-refractivity contribution is 0.102. The Hall–Kier alpha value is -3.33. The third-order valence-electron chi connectivity index (χ3n) is 4.12. The Morgan fingerprint density at radius 1 is 1.22 bits per heavy atom. The zero-order chi connectivity index (χ0) is 19.0. The number of rotatable bonds is 4. The van der Waals surface area contributed by atoms with E-state index in [0.29, 0.717) is 33.2 Å². The summed E-state index contributed by atoms with van der Waals surface area (Å²) in [5, 5.41) is 11.8. The van der Waals surface area contributed by atoms with Crippen LogP contribution in [0.15, 0.2) is 47.3 Å².